The maximum Gasteiger partial charge on any atom is 0.126 e. The van der Waals surface area contributed by atoms with Gasteiger partial charge in [0.1, 0.15) is 5.82 Å². The fraction of sp³-hybridized carbons (Fsp3) is 0.545. The average Bonchev–Trinajstić information content (AvgIpc) is 2.08. The molecule has 1 aromatic heterocycles. The standard InChI is InChI=1S/C11H17ClN2/c1-9-4-5-10(13-8-9)14-11(2,3)6-7-12/h4-5,8H,6-7H2,1-3H3,(H,13,14). The zero-order chi connectivity index (χ0) is 10.6. The van der Waals surface area contributed by atoms with Crippen LogP contribution < -0.4 is 5.32 Å². The van der Waals surface area contributed by atoms with Crippen LogP contribution in [0.15, 0.2) is 18.3 Å². The van der Waals surface area contributed by atoms with Gasteiger partial charge in [-0.05, 0) is 38.8 Å². The number of rotatable bonds is 4. The minimum atomic E-state index is 0.00398. The first kappa shape index (κ1) is 11.3. The average molecular weight is 213 g/mol. The van der Waals surface area contributed by atoms with Gasteiger partial charge in [0.25, 0.3) is 0 Å². The number of aryl methyl sites for hydroxylation is 1. The predicted octanol–water partition coefficient (Wildman–Crippen LogP) is 3.21. The van der Waals surface area contributed by atoms with Crippen LogP contribution in [-0.4, -0.2) is 16.4 Å². The summed E-state index contributed by atoms with van der Waals surface area (Å²) in [5, 5.41) is 3.35. The molecule has 1 aromatic rings. The Balaban J connectivity index is 2.64. The molecule has 78 valence electrons. The van der Waals surface area contributed by atoms with E-state index in [1.54, 1.807) is 0 Å². The van der Waals surface area contributed by atoms with Crippen LogP contribution in [0.5, 0.6) is 0 Å². The first-order chi connectivity index (χ1) is 6.53. The van der Waals surface area contributed by atoms with Crippen molar-refractivity contribution in [1.82, 2.24) is 4.98 Å². The van der Waals surface area contributed by atoms with Crippen LogP contribution in [0, 0.1) is 6.92 Å². The largest absolute Gasteiger partial charge is 0.365 e. The monoisotopic (exact) mass is 212 g/mol. The smallest absolute Gasteiger partial charge is 0.126 e. The Bertz CT molecular complexity index is 280. The Hall–Kier alpha value is -0.760. The lowest BCUT2D eigenvalue weighted by Crippen LogP contribution is -2.31. The van der Waals surface area contributed by atoms with Crippen LogP contribution in [0.3, 0.4) is 0 Å². The van der Waals surface area contributed by atoms with Gasteiger partial charge in [-0.15, -0.1) is 11.6 Å². The zero-order valence-electron chi connectivity index (χ0n) is 8.97. The topological polar surface area (TPSA) is 24.9 Å². The Labute approximate surface area is 90.7 Å². The highest BCUT2D eigenvalue weighted by Gasteiger charge is 2.16. The summed E-state index contributed by atoms with van der Waals surface area (Å²) in [6, 6.07) is 4.04. The van der Waals surface area contributed by atoms with Crippen molar-refractivity contribution in [3.05, 3.63) is 23.9 Å². The lowest BCUT2D eigenvalue weighted by atomic mass is 10.0. The van der Waals surface area contributed by atoms with Gasteiger partial charge in [-0.2, -0.15) is 0 Å². The molecule has 0 aliphatic rings. The Morgan fingerprint density at radius 2 is 2.14 bits per heavy atom. The fourth-order valence-electron chi connectivity index (χ4n) is 1.19. The van der Waals surface area contributed by atoms with E-state index in [2.05, 4.69) is 24.1 Å². The van der Waals surface area contributed by atoms with E-state index in [1.807, 2.05) is 25.3 Å². The molecule has 3 heteroatoms. The van der Waals surface area contributed by atoms with Crippen LogP contribution in [0.4, 0.5) is 5.82 Å². The van der Waals surface area contributed by atoms with Gasteiger partial charge in [-0.3, -0.25) is 0 Å². The maximum atomic E-state index is 5.72. The van der Waals surface area contributed by atoms with Gasteiger partial charge in [0.05, 0.1) is 0 Å². The van der Waals surface area contributed by atoms with Crippen molar-refractivity contribution < 1.29 is 0 Å². The molecular weight excluding hydrogens is 196 g/mol. The van der Waals surface area contributed by atoms with E-state index in [-0.39, 0.29) is 5.54 Å². The summed E-state index contributed by atoms with van der Waals surface area (Å²) in [6.45, 7) is 6.27. The number of hydrogen-bond donors (Lipinski definition) is 1. The van der Waals surface area contributed by atoms with E-state index >= 15 is 0 Å². The van der Waals surface area contributed by atoms with E-state index in [0.29, 0.717) is 5.88 Å². The fourth-order valence-corrected chi connectivity index (χ4v) is 1.66. The molecule has 1 N–H and O–H groups in total. The summed E-state index contributed by atoms with van der Waals surface area (Å²) in [4.78, 5) is 4.29. The van der Waals surface area contributed by atoms with Gasteiger partial charge < -0.3 is 5.32 Å². The van der Waals surface area contributed by atoms with Gasteiger partial charge >= 0.3 is 0 Å². The highest BCUT2D eigenvalue weighted by Crippen LogP contribution is 2.16. The normalized spacial score (nSPS) is 11.4. The molecule has 0 spiro atoms. The van der Waals surface area contributed by atoms with Crippen molar-refractivity contribution >= 4 is 17.4 Å². The van der Waals surface area contributed by atoms with Crippen molar-refractivity contribution in [3.8, 4) is 0 Å². The highest BCUT2D eigenvalue weighted by molar-refractivity contribution is 6.17. The second-order valence-corrected chi connectivity index (χ2v) is 4.55. The lowest BCUT2D eigenvalue weighted by Gasteiger charge is -2.25. The molecule has 14 heavy (non-hydrogen) atoms. The van der Waals surface area contributed by atoms with E-state index in [4.69, 9.17) is 11.6 Å². The molecule has 0 aliphatic carbocycles. The lowest BCUT2D eigenvalue weighted by molar-refractivity contribution is 0.548. The number of hydrogen-bond acceptors (Lipinski definition) is 2. The van der Waals surface area contributed by atoms with Gasteiger partial charge in [0, 0.05) is 17.6 Å². The summed E-state index contributed by atoms with van der Waals surface area (Å²) >= 11 is 5.72. The third-order valence-electron chi connectivity index (χ3n) is 2.10. The molecule has 0 aliphatic heterocycles. The molecule has 0 amide bonds. The van der Waals surface area contributed by atoms with Crippen LogP contribution >= 0.6 is 11.6 Å². The molecule has 0 atom stereocenters. The molecule has 0 bridgehead atoms. The summed E-state index contributed by atoms with van der Waals surface area (Å²) in [7, 11) is 0. The van der Waals surface area contributed by atoms with Crippen molar-refractivity contribution in [2.45, 2.75) is 32.7 Å². The Morgan fingerprint density at radius 3 is 2.64 bits per heavy atom. The summed E-state index contributed by atoms with van der Waals surface area (Å²) in [5.41, 5.74) is 1.18. The number of anilines is 1. The SMILES string of the molecule is Cc1ccc(NC(C)(C)CCCl)nc1. The predicted molar refractivity (Wildman–Crippen MR) is 62.0 cm³/mol. The van der Waals surface area contributed by atoms with Crippen molar-refractivity contribution in [3.63, 3.8) is 0 Å². The molecular formula is C11H17ClN2. The highest BCUT2D eigenvalue weighted by atomic mass is 35.5. The van der Waals surface area contributed by atoms with Crippen molar-refractivity contribution in [2.75, 3.05) is 11.2 Å². The number of nitrogens with one attached hydrogen (secondary N) is 1. The number of halogens is 1. The second kappa shape index (κ2) is 4.65. The van der Waals surface area contributed by atoms with E-state index in [0.717, 1.165) is 12.2 Å². The van der Waals surface area contributed by atoms with Gasteiger partial charge in [0.15, 0.2) is 0 Å². The maximum absolute atomic E-state index is 5.72. The molecule has 0 aromatic carbocycles. The van der Waals surface area contributed by atoms with E-state index in [9.17, 15) is 0 Å². The Kier molecular flexibility index (Phi) is 3.76. The Morgan fingerprint density at radius 1 is 1.43 bits per heavy atom. The van der Waals surface area contributed by atoms with E-state index < -0.39 is 0 Å². The third kappa shape index (κ3) is 3.54. The minimum Gasteiger partial charge on any atom is -0.365 e. The number of pyridine rings is 1. The molecule has 0 saturated carbocycles. The van der Waals surface area contributed by atoms with Crippen LogP contribution in [0.1, 0.15) is 25.8 Å². The van der Waals surface area contributed by atoms with Crippen molar-refractivity contribution in [1.29, 1.82) is 0 Å². The number of nitrogens with zero attached hydrogens (tertiary/aromatic N) is 1. The molecule has 2 nitrogen and oxygen atoms in total. The molecule has 0 saturated heterocycles. The van der Waals surface area contributed by atoms with Crippen LogP contribution in [-0.2, 0) is 0 Å². The first-order valence-electron chi connectivity index (χ1n) is 4.80. The summed E-state index contributed by atoms with van der Waals surface area (Å²) < 4.78 is 0. The molecule has 0 unspecified atom stereocenters. The summed E-state index contributed by atoms with van der Waals surface area (Å²) in [5.74, 6) is 1.57. The molecule has 0 radical (unpaired) electrons. The second-order valence-electron chi connectivity index (χ2n) is 4.17. The first-order valence-corrected chi connectivity index (χ1v) is 5.34. The molecule has 1 rings (SSSR count). The molecule has 1 heterocycles. The van der Waals surface area contributed by atoms with Crippen molar-refractivity contribution in [2.24, 2.45) is 0 Å². The zero-order valence-corrected chi connectivity index (χ0v) is 9.73. The quantitative estimate of drug-likeness (QED) is 0.776. The van der Waals surface area contributed by atoms with Gasteiger partial charge in [-0.25, -0.2) is 4.98 Å². The molecule has 0 fully saturated rings. The number of aromatic nitrogens is 1. The van der Waals surface area contributed by atoms with Crippen LogP contribution in [0.25, 0.3) is 0 Å². The van der Waals surface area contributed by atoms with E-state index in [1.165, 1.54) is 5.56 Å². The summed E-state index contributed by atoms with van der Waals surface area (Å²) in [6.07, 6.45) is 2.78. The third-order valence-corrected chi connectivity index (χ3v) is 2.29. The van der Waals surface area contributed by atoms with Gasteiger partial charge in [0.2, 0.25) is 0 Å². The number of alkyl halides is 1. The van der Waals surface area contributed by atoms with Gasteiger partial charge in [-0.1, -0.05) is 6.07 Å². The van der Waals surface area contributed by atoms with Crippen LogP contribution in [0.2, 0.25) is 0 Å². The minimum absolute atomic E-state index is 0.00398.